The lowest BCUT2D eigenvalue weighted by atomic mass is 10.1. The van der Waals surface area contributed by atoms with Crippen LogP contribution in [0.25, 0.3) is 0 Å². The fourth-order valence-corrected chi connectivity index (χ4v) is 2.52. The van der Waals surface area contributed by atoms with Crippen molar-refractivity contribution in [3.05, 3.63) is 16.4 Å². The van der Waals surface area contributed by atoms with Crippen molar-refractivity contribution in [3.8, 4) is 0 Å². The smallest absolute Gasteiger partial charge is 0.274 e. The van der Waals surface area contributed by atoms with Gasteiger partial charge in [-0.15, -0.1) is 0 Å². The van der Waals surface area contributed by atoms with Gasteiger partial charge in [0.15, 0.2) is 5.11 Å². The second-order valence-corrected chi connectivity index (χ2v) is 6.88. The van der Waals surface area contributed by atoms with E-state index in [4.69, 9.17) is 23.8 Å². The van der Waals surface area contributed by atoms with Crippen molar-refractivity contribution in [2.24, 2.45) is 0 Å². The van der Waals surface area contributed by atoms with E-state index in [0.29, 0.717) is 28.1 Å². The van der Waals surface area contributed by atoms with Crippen LogP contribution in [-0.2, 0) is 6.54 Å². The molecule has 124 valence electrons. The van der Waals surface area contributed by atoms with Crippen LogP contribution in [0.2, 0.25) is 5.15 Å². The van der Waals surface area contributed by atoms with Crippen LogP contribution in [0.3, 0.4) is 0 Å². The first-order chi connectivity index (χ1) is 10.2. The van der Waals surface area contributed by atoms with Crippen LogP contribution in [0.5, 0.6) is 0 Å². The lowest BCUT2D eigenvalue weighted by Crippen LogP contribution is -2.52. The predicted octanol–water partition coefficient (Wildman–Crippen LogP) is 2.55. The molecule has 3 N–H and O–H groups in total. The number of rotatable bonds is 4. The standard InChI is InChI=1S/C14H24ClN5OS/c1-6-7-8-20-11(15)10(9(2)19-20)12(21)17-18-13(22)16-14(3,4)5/h6-8H2,1-5H3,(H,17,21)(H2,16,18,22). The summed E-state index contributed by atoms with van der Waals surface area (Å²) in [6.45, 7) is 10.5. The summed E-state index contributed by atoms with van der Waals surface area (Å²) in [5, 5.41) is 8.03. The molecule has 0 fully saturated rings. The SMILES string of the molecule is CCCCn1nc(C)c(C(=O)NNC(=S)NC(C)(C)C)c1Cl. The van der Waals surface area contributed by atoms with E-state index in [1.807, 2.05) is 20.8 Å². The molecule has 22 heavy (non-hydrogen) atoms. The van der Waals surface area contributed by atoms with Gasteiger partial charge in [-0.3, -0.25) is 20.3 Å². The van der Waals surface area contributed by atoms with Gasteiger partial charge in [0, 0.05) is 12.1 Å². The van der Waals surface area contributed by atoms with Gasteiger partial charge in [-0.2, -0.15) is 5.10 Å². The molecule has 8 heteroatoms. The Balaban J connectivity index is 2.70. The molecular formula is C14H24ClN5OS. The predicted molar refractivity (Wildman–Crippen MR) is 93.0 cm³/mol. The summed E-state index contributed by atoms with van der Waals surface area (Å²) in [7, 11) is 0. The van der Waals surface area contributed by atoms with E-state index in [0.717, 1.165) is 12.8 Å². The number of carbonyl (C=O) groups excluding carboxylic acids is 1. The molecule has 1 amide bonds. The minimum Gasteiger partial charge on any atom is -0.357 e. The zero-order valence-corrected chi connectivity index (χ0v) is 15.3. The molecule has 0 saturated heterocycles. The zero-order valence-electron chi connectivity index (χ0n) is 13.7. The number of nitrogens with zero attached hydrogens (tertiary/aromatic N) is 2. The van der Waals surface area contributed by atoms with Crippen LogP contribution < -0.4 is 16.2 Å². The van der Waals surface area contributed by atoms with E-state index in [1.54, 1.807) is 11.6 Å². The van der Waals surface area contributed by atoms with Crippen LogP contribution in [0, 0.1) is 6.92 Å². The Kier molecular flexibility index (Phi) is 6.62. The Hall–Kier alpha value is -1.34. The Bertz CT molecular complexity index is 550. The normalized spacial score (nSPS) is 11.2. The quantitative estimate of drug-likeness (QED) is 0.578. The van der Waals surface area contributed by atoms with Crippen molar-refractivity contribution in [3.63, 3.8) is 0 Å². The highest BCUT2D eigenvalue weighted by Crippen LogP contribution is 2.20. The van der Waals surface area contributed by atoms with Gasteiger partial charge in [-0.05, 0) is 46.3 Å². The molecule has 1 heterocycles. The highest BCUT2D eigenvalue weighted by molar-refractivity contribution is 7.80. The first kappa shape index (κ1) is 18.7. The van der Waals surface area contributed by atoms with E-state index in [1.165, 1.54) is 0 Å². The minimum absolute atomic E-state index is 0.187. The van der Waals surface area contributed by atoms with Crippen LogP contribution in [-0.4, -0.2) is 26.3 Å². The third kappa shape index (κ3) is 5.46. The van der Waals surface area contributed by atoms with E-state index in [9.17, 15) is 4.79 Å². The molecule has 1 aromatic heterocycles. The molecular weight excluding hydrogens is 322 g/mol. The summed E-state index contributed by atoms with van der Waals surface area (Å²) in [5.74, 6) is -0.358. The molecule has 0 saturated carbocycles. The Morgan fingerprint density at radius 2 is 2.00 bits per heavy atom. The van der Waals surface area contributed by atoms with Crippen molar-refractivity contribution in [1.29, 1.82) is 0 Å². The third-order valence-electron chi connectivity index (χ3n) is 2.79. The van der Waals surface area contributed by atoms with E-state index >= 15 is 0 Å². The second-order valence-electron chi connectivity index (χ2n) is 6.11. The topological polar surface area (TPSA) is 71.0 Å². The fourth-order valence-electron chi connectivity index (χ4n) is 1.82. The number of halogens is 1. The zero-order chi connectivity index (χ0) is 16.9. The molecule has 0 unspecified atom stereocenters. The average Bonchev–Trinajstić information content (AvgIpc) is 2.66. The van der Waals surface area contributed by atoms with Gasteiger partial charge < -0.3 is 5.32 Å². The number of aromatic nitrogens is 2. The molecule has 0 bridgehead atoms. The van der Waals surface area contributed by atoms with Gasteiger partial charge in [0.05, 0.1) is 5.69 Å². The first-order valence-electron chi connectivity index (χ1n) is 7.27. The number of hydrogen-bond acceptors (Lipinski definition) is 3. The van der Waals surface area contributed by atoms with Gasteiger partial charge in [-0.1, -0.05) is 24.9 Å². The Labute approximate surface area is 141 Å². The van der Waals surface area contributed by atoms with Crippen molar-refractivity contribution >= 4 is 34.8 Å². The number of carbonyl (C=O) groups is 1. The summed E-state index contributed by atoms with van der Waals surface area (Å²) in [4.78, 5) is 12.2. The highest BCUT2D eigenvalue weighted by atomic mass is 35.5. The minimum atomic E-state index is -0.358. The monoisotopic (exact) mass is 345 g/mol. The van der Waals surface area contributed by atoms with Gasteiger partial charge >= 0.3 is 0 Å². The summed E-state index contributed by atoms with van der Waals surface area (Å²) >= 11 is 11.4. The Morgan fingerprint density at radius 3 is 2.55 bits per heavy atom. The summed E-state index contributed by atoms with van der Waals surface area (Å²) in [5.41, 5.74) is 5.98. The largest absolute Gasteiger partial charge is 0.357 e. The van der Waals surface area contributed by atoms with Gasteiger partial charge in [0.2, 0.25) is 0 Å². The molecule has 0 aromatic carbocycles. The molecule has 6 nitrogen and oxygen atoms in total. The summed E-state index contributed by atoms with van der Waals surface area (Å²) in [6, 6.07) is 0. The number of unbranched alkanes of at least 4 members (excludes halogenated alkanes) is 1. The highest BCUT2D eigenvalue weighted by Gasteiger charge is 2.20. The lowest BCUT2D eigenvalue weighted by Gasteiger charge is -2.23. The number of amides is 1. The maximum atomic E-state index is 12.2. The number of hydrogen-bond donors (Lipinski definition) is 3. The van der Waals surface area contributed by atoms with Crippen LogP contribution in [0.1, 0.15) is 56.6 Å². The summed E-state index contributed by atoms with van der Waals surface area (Å²) in [6.07, 6.45) is 1.99. The summed E-state index contributed by atoms with van der Waals surface area (Å²) < 4.78 is 1.65. The molecule has 1 rings (SSSR count). The number of hydrazine groups is 1. The number of aryl methyl sites for hydroxylation is 2. The molecule has 0 spiro atoms. The van der Waals surface area contributed by atoms with Gasteiger partial charge in [-0.25, -0.2) is 0 Å². The molecule has 0 aliphatic heterocycles. The average molecular weight is 346 g/mol. The first-order valence-corrected chi connectivity index (χ1v) is 8.05. The maximum Gasteiger partial charge on any atom is 0.274 e. The number of nitrogens with one attached hydrogen (secondary N) is 3. The van der Waals surface area contributed by atoms with Gasteiger partial charge in [0.25, 0.3) is 5.91 Å². The molecule has 0 atom stereocenters. The second kappa shape index (κ2) is 7.78. The molecule has 0 radical (unpaired) electrons. The molecule has 0 aliphatic carbocycles. The Morgan fingerprint density at radius 1 is 1.36 bits per heavy atom. The molecule has 1 aromatic rings. The van der Waals surface area contributed by atoms with Gasteiger partial charge in [0.1, 0.15) is 10.7 Å². The fraction of sp³-hybridized carbons (Fsp3) is 0.643. The van der Waals surface area contributed by atoms with E-state index in [2.05, 4.69) is 28.2 Å². The van der Waals surface area contributed by atoms with Crippen molar-refractivity contribution in [2.75, 3.05) is 0 Å². The van der Waals surface area contributed by atoms with Crippen LogP contribution in [0.4, 0.5) is 0 Å². The van der Waals surface area contributed by atoms with Crippen LogP contribution >= 0.6 is 23.8 Å². The van der Waals surface area contributed by atoms with E-state index in [-0.39, 0.29) is 11.4 Å². The molecule has 0 aliphatic rings. The van der Waals surface area contributed by atoms with Crippen LogP contribution in [0.15, 0.2) is 0 Å². The van der Waals surface area contributed by atoms with Crippen molar-refractivity contribution in [1.82, 2.24) is 25.9 Å². The van der Waals surface area contributed by atoms with Crippen molar-refractivity contribution in [2.45, 2.75) is 59.5 Å². The van der Waals surface area contributed by atoms with E-state index < -0.39 is 0 Å². The maximum absolute atomic E-state index is 12.2. The lowest BCUT2D eigenvalue weighted by molar-refractivity contribution is 0.0943. The number of thiocarbonyl (C=S) groups is 1. The van der Waals surface area contributed by atoms with Crippen molar-refractivity contribution < 1.29 is 4.79 Å². The third-order valence-corrected chi connectivity index (χ3v) is 3.38.